The molecular weight excluding hydrogens is 296 g/mol. The van der Waals surface area contributed by atoms with Crippen molar-refractivity contribution in [2.75, 3.05) is 6.54 Å². The molecule has 124 valence electrons. The molecule has 2 aromatic carbocycles. The summed E-state index contributed by atoms with van der Waals surface area (Å²) >= 11 is 0. The number of likely N-dealkylation sites (tertiary alicyclic amines) is 1. The van der Waals surface area contributed by atoms with Crippen molar-refractivity contribution in [1.82, 2.24) is 10.2 Å². The molecule has 1 N–H and O–H groups in total. The summed E-state index contributed by atoms with van der Waals surface area (Å²) < 4.78 is 0. The van der Waals surface area contributed by atoms with Crippen LogP contribution in [0, 0.1) is 0 Å². The molecule has 1 aliphatic heterocycles. The quantitative estimate of drug-likeness (QED) is 0.861. The predicted octanol–water partition coefficient (Wildman–Crippen LogP) is 4.61. The van der Waals surface area contributed by atoms with Gasteiger partial charge in [0.2, 0.25) is 0 Å². The summed E-state index contributed by atoms with van der Waals surface area (Å²) in [6, 6.07) is 19.4. The van der Waals surface area contributed by atoms with Crippen LogP contribution < -0.4 is 5.32 Å². The van der Waals surface area contributed by atoms with Crippen molar-refractivity contribution in [3.63, 3.8) is 0 Å². The Balaban J connectivity index is 1.50. The van der Waals surface area contributed by atoms with E-state index >= 15 is 0 Å². The van der Waals surface area contributed by atoms with Gasteiger partial charge in [0, 0.05) is 6.54 Å². The van der Waals surface area contributed by atoms with E-state index in [4.69, 9.17) is 0 Å². The number of aryl methyl sites for hydroxylation is 1. The molecular formula is C21H24N2O. The van der Waals surface area contributed by atoms with Gasteiger partial charge in [-0.3, -0.25) is 0 Å². The first-order valence-corrected chi connectivity index (χ1v) is 9.03. The fourth-order valence-electron chi connectivity index (χ4n) is 4.17. The molecule has 0 bridgehead atoms. The Morgan fingerprint density at radius 2 is 1.75 bits per heavy atom. The van der Waals surface area contributed by atoms with Gasteiger partial charge in [-0.15, -0.1) is 0 Å². The summed E-state index contributed by atoms with van der Waals surface area (Å²) in [4.78, 5) is 14.9. The minimum atomic E-state index is 0.0862. The first-order chi connectivity index (χ1) is 11.8. The lowest BCUT2D eigenvalue weighted by molar-refractivity contribution is 0.187. The highest BCUT2D eigenvalue weighted by atomic mass is 16.2. The Morgan fingerprint density at radius 1 is 0.958 bits per heavy atom. The van der Waals surface area contributed by atoms with Crippen molar-refractivity contribution in [3.8, 4) is 0 Å². The van der Waals surface area contributed by atoms with Crippen molar-refractivity contribution in [2.45, 2.75) is 44.2 Å². The van der Waals surface area contributed by atoms with Gasteiger partial charge in [0.1, 0.15) is 0 Å². The van der Waals surface area contributed by atoms with Gasteiger partial charge in [-0.1, -0.05) is 54.6 Å². The van der Waals surface area contributed by atoms with Crippen LogP contribution in [0.25, 0.3) is 0 Å². The number of benzene rings is 2. The van der Waals surface area contributed by atoms with Crippen LogP contribution in [0.2, 0.25) is 0 Å². The highest BCUT2D eigenvalue weighted by Crippen LogP contribution is 2.34. The molecule has 1 unspecified atom stereocenters. The van der Waals surface area contributed by atoms with Crippen LogP contribution in [0.4, 0.5) is 4.79 Å². The van der Waals surface area contributed by atoms with Crippen molar-refractivity contribution in [3.05, 3.63) is 71.3 Å². The third kappa shape index (κ3) is 2.91. The standard InChI is InChI=1S/C21H24N2O/c24-21(22-19-13-6-11-16-8-4-5-12-18(16)19)23-15-7-14-20(23)17-9-2-1-3-10-17/h1-5,8-10,12,19-20H,6-7,11,13-15H2,(H,22,24)/t19?,20-/m0/s1. The normalized spacial score (nSPS) is 22.9. The second-order valence-corrected chi connectivity index (χ2v) is 6.86. The maximum absolute atomic E-state index is 12.9. The summed E-state index contributed by atoms with van der Waals surface area (Å²) in [6.45, 7) is 0.847. The average molecular weight is 320 g/mol. The fourth-order valence-corrected chi connectivity index (χ4v) is 4.17. The smallest absolute Gasteiger partial charge is 0.318 e. The number of nitrogens with one attached hydrogen (secondary N) is 1. The van der Waals surface area contributed by atoms with Gasteiger partial charge < -0.3 is 10.2 Å². The van der Waals surface area contributed by atoms with Gasteiger partial charge in [-0.05, 0) is 48.8 Å². The second-order valence-electron chi connectivity index (χ2n) is 6.86. The van der Waals surface area contributed by atoms with Crippen LogP contribution >= 0.6 is 0 Å². The first-order valence-electron chi connectivity index (χ1n) is 9.03. The molecule has 2 atom stereocenters. The van der Waals surface area contributed by atoms with Crippen LogP contribution in [-0.2, 0) is 6.42 Å². The molecule has 2 aromatic rings. The van der Waals surface area contributed by atoms with Gasteiger partial charge in [0.05, 0.1) is 12.1 Å². The van der Waals surface area contributed by atoms with Gasteiger partial charge in [0.25, 0.3) is 0 Å². The molecule has 1 fully saturated rings. The summed E-state index contributed by atoms with van der Waals surface area (Å²) in [5.41, 5.74) is 3.93. The molecule has 3 nitrogen and oxygen atoms in total. The molecule has 2 amide bonds. The van der Waals surface area contributed by atoms with E-state index in [0.29, 0.717) is 0 Å². The molecule has 24 heavy (non-hydrogen) atoms. The molecule has 4 rings (SSSR count). The number of rotatable bonds is 2. The largest absolute Gasteiger partial charge is 0.331 e. The second kappa shape index (κ2) is 6.68. The number of nitrogens with zero attached hydrogens (tertiary/aromatic N) is 1. The van der Waals surface area contributed by atoms with Gasteiger partial charge in [0.15, 0.2) is 0 Å². The summed E-state index contributed by atoms with van der Waals surface area (Å²) in [6.07, 6.45) is 5.43. The zero-order chi connectivity index (χ0) is 16.4. The van der Waals surface area contributed by atoms with Crippen molar-refractivity contribution in [2.24, 2.45) is 0 Å². The number of hydrogen-bond acceptors (Lipinski definition) is 1. The zero-order valence-electron chi connectivity index (χ0n) is 13.9. The molecule has 1 aliphatic carbocycles. The molecule has 2 aliphatic rings. The Hall–Kier alpha value is -2.29. The van der Waals surface area contributed by atoms with Gasteiger partial charge >= 0.3 is 6.03 Å². The Kier molecular flexibility index (Phi) is 4.24. The topological polar surface area (TPSA) is 32.3 Å². The van der Waals surface area contributed by atoms with Gasteiger partial charge in [-0.25, -0.2) is 4.79 Å². The summed E-state index contributed by atoms with van der Waals surface area (Å²) in [5.74, 6) is 0. The zero-order valence-corrected chi connectivity index (χ0v) is 13.9. The van der Waals surface area contributed by atoms with E-state index in [2.05, 4.69) is 53.8 Å². The maximum Gasteiger partial charge on any atom is 0.318 e. The molecule has 0 radical (unpaired) electrons. The summed E-state index contributed by atoms with van der Waals surface area (Å²) in [5, 5.41) is 3.30. The van der Waals surface area contributed by atoms with E-state index in [1.54, 1.807) is 0 Å². The van der Waals surface area contributed by atoms with Crippen LogP contribution in [0.3, 0.4) is 0 Å². The fraction of sp³-hybridized carbons (Fsp3) is 0.381. The number of amides is 2. The van der Waals surface area contributed by atoms with E-state index in [1.807, 2.05) is 11.0 Å². The number of carbonyl (C=O) groups is 1. The lowest BCUT2D eigenvalue weighted by atomic mass is 9.88. The minimum Gasteiger partial charge on any atom is -0.331 e. The third-order valence-corrected chi connectivity index (χ3v) is 5.37. The van der Waals surface area contributed by atoms with E-state index < -0.39 is 0 Å². The van der Waals surface area contributed by atoms with Crippen LogP contribution in [0.1, 0.15) is 54.5 Å². The number of hydrogen-bond donors (Lipinski definition) is 1. The van der Waals surface area contributed by atoms with Gasteiger partial charge in [-0.2, -0.15) is 0 Å². The molecule has 3 heteroatoms. The Bertz CT molecular complexity index is 713. The van der Waals surface area contributed by atoms with Crippen molar-refractivity contribution < 1.29 is 4.79 Å². The minimum absolute atomic E-state index is 0.0862. The average Bonchev–Trinajstić information content (AvgIpc) is 3.13. The number of urea groups is 1. The van der Waals surface area contributed by atoms with Crippen LogP contribution in [0.5, 0.6) is 0 Å². The van der Waals surface area contributed by atoms with Crippen LogP contribution in [-0.4, -0.2) is 17.5 Å². The van der Waals surface area contributed by atoms with Crippen molar-refractivity contribution >= 4 is 6.03 Å². The number of fused-ring (bicyclic) bond motifs is 1. The van der Waals surface area contributed by atoms with E-state index in [0.717, 1.165) is 38.6 Å². The molecule has 1 saturated heterocycles. The lowest BCUT2D eigenvalue weighted by Gasteiger charge is -2.31. The monoisotopic (exact) mass is 320 g/mol. The van der Waals surface area contributed by atoms with Crippen molar-refractivity contribution in [1.29, 1.82) is 0 Å². The predicted molar refractivity (Wildman–Crippen MR) is 95.8 cm³/mol. The summed E-state index contributed by atoms with van der Waals surface area (Å²) in [7, 11) is 0. The highest BCUT2D eigenvalue weighted by Gasteiger charge is 2.31. The number of carbonyl (C=O) groups excluding carboxylic acids is 1. The van der Waals surface area contributed by atoms with E-state index in [1.165, 1.54) is 16.7 Å². The molecule has 0 saturated carbocycles. The first kappa shape index (κ1) is 15.3. The van der Waals surface area contributed by atoms with E-state index in [-0.39, 0.29) is 18.1 Å². The molecule has 1 heterocycles. The lowest BCUT2D eigenvalue weighted by Crippen LogP contribution is -2.42. The molecule has 0 spiro atoms. The SMILES string of the molecule is O=C(NC1CCCc2ccccc21)N1CCC[C@H]1c1ccccc1. The molecule has 0 aromatic heterocycles. The Labute approximate surface area is 143 Å². The van der Waals surface area contributed by atoms with E-state index in [9.17, 15) is 4.79 Å². The maximum atomic E-state index is 12.9. The third-order valence-electron chi connectivity index (χ3n) is 5.37. The Morgan fingerprint density at radius 3 is 2.62 bits per heavy atom. The highest BCUT2D eigenvalue weighted by molar-refractivity contribution is 5.75. The van der Waals surface area contributed by atoms with Crippen LogP contribution in [0.15, 0.2) is 54.6 Å².